The Kier molecular flexibility index (Phi) is 5.08. The number of piperidine rings is 1. The first-order valence-electron chi connectivity index (χ1n) is 10.5. The van der Waals surface area contributed by atoms with Crippen LogP contribution in [0.2, 0.25) is 0 Å². The van der Waals surface area contributed by atoms with Gasteiger partial charge in [-0.1, -0.05) is 12.1 Å². The van der Waals surface area contributed by atoms with Crippen LogP contribution in [0.3, 0.4) is 0 Å². The number of amides is 1. The van der Waals surface area contributed by atoms with Crippen molar-refractivity contribution in [1.82, 2.24) is 19.5 Å². The first-order valence-corrected chi connectivity index (χ1v) is 10.5. The molecule has 1 aliphatic rings. The molecule has 5 rings (SSSR count). The number of nitrogens with one attached hydrogen (secondary N) is 1. The molecule has 1 N–H and O–H groups in total. The standard InChI is InChI=1S/C24H24N6O/c1-29-21-6-3-2-5-20(21)28-22(29)17-7-9-19(10-8-17)27-23(31)18-11-15-30(16-12-18)24-25-13-4-14-26-24/h2-10,13-14,18H,11-12,15-16H2,1H3,(H,27,31). The fraction of sp³-hybridized carbons (Fsp3) is 0.250. The number of rotatable bonds is 4. The maximum Gasteiger partial charge on any atom is 0.227 e. The number of aryl methyl sites for hydroxylation is 1. The van der Waals surface area contributed by atoms with Gasteiger partial charge in [0.2, 0.25) is 11.9 Å². The summed E-state index contributed by atoms with van der Waals surface area (Å²) in [5, 5.41) is 3.07. The van der Waals surface area contributed by atoms with Crippen LogP contribution in [-0.2, 0) is 11.8 Å². The van der Waals surface area contributed by atoms with Gasteiger partial charge in [-0.25, -0.2) is 15.0 Å². The quantitative estimate of drug-likeness (QED) is 0.550. The van der Waals surface area contributed by atoms with Crippen LogP contribution in [-0.4, -0.2) is 38.5 Å². The minimum Gasteiger partial charge on any atom is -0.341 e. The molecule has 2 aromatic carbocycles. The van der Waals surface area contributed by atoms with E-state index in [1.807, 2.05) is 55.6 Å². The number of anilines is 2. The maximum absolute atomic E-state index is 12.8. The Morgan fingerprint density at radius 3 is 2.39 bits per heavy atom. The second-order valence-corrected chi connectivity index (χ2v) is 7.86. The van der Waals surface area contributed by atoms with Gasteiger partial charge in [0, 0.05) is 49.7 Å². The summed E-state index contributed by atoms with van der Waals surface area (Å²) in [5.74, 6) is 1.72. The lowest BCUT2D eigenvalue weighted by Gasteiger charge is -2.31. The molecule has 1 amide bonds. The molecule has 2 aromatic heterocycles. The molecule has 1 saturated heterocycles. The zero-order chi connectivity index (χ0) is 21.2. The van der Waals surface area contributed by atoms with Crippen molar-refractivity contribution in [2.24, 2.45) is 13.0 Å². The Morgan fingerprint density at radius 2 is 1.68 bits per heavy atom. The highest BCUT2D eigenvalue weighted by Crippen LogP contribution is 2.26. The van der Waals surface area contributed by atoms with Gasteiger partial charge in [-0.05, 0) is 55.3 Å². The summed E-state index contributed by atoms with van der Waals surface area (Å²) in [5.41, 5.74) is 3.90. The summed E-state index contributed by atoms with van der Waals surface area (Å²) >= 11 is 0. The normalized spacial score (nSPS) is 14.7. The van der Waals surface area contributed by atoms with Gasteiger partial charge >= 0.3 is 0 Å². The van der Waals surface area contributed by atoms with E-state index in [-0.39, 0.29) is 11.8 Å². The summed E-state index contributed by atoms with van der Waals surface area (Å²) in [6.45, 7) is 1.57. The third-order valence-corrected chi connectivity index (χ3v) is 5.90. The highest BCUT2D eigenvalue weighted by Gasteiger charge is 2.26. The molecule has 0 radical (unpaired) electrons. The summed E-state index contributed by atoms with van der Waals surface area (Å²) in [6, 6.07) is 17.8. The smallest absolute Gasteiger partial charge is 0.227 e. The van der Waals surface area contributed by atoms with E-state index in [9.17, 15) is 4.79 Å². The molecule has 0 atom stereocenters. The van der Waals surface area contributed by atoms with Crippen molar-refractivity contribution in [3.8, 4) is 11.4 Å². The van der Waals surface area contributed by atoms with Crippen molar-refractivity contribution in [2.75, 3.05) is 23.3 Å². The lowest BCUT2D eigenvalue weighted by Crippen LogP contribution is -2.39. The largest absolute Gasteiger partial charge is 0.341 e. The van der Waals surface area contributed by atoms with Gasteiger partial charge in [-0.15, -0.1) is 0 Å². The van der Waals surface area contributed by atoms with Crippen molar-refractivity contribution in [2.45, 2.75) is 12.8 Å². The number of carbonyl (C=O) groups is 1. The third kappa shape index (κ3) is 3.86. The number of nitrogens with zero attached hydrogens (tertiary/aromatic N) is 5. The van der Waals surface area contributed by atoms with Crippen molar-refractivity contribution in [3.63, 3.8) is 0 Å². The fourth-order valence-electron chi connectivity index (χ4n) is 4.15. The molecule has 1 aliphatic heterocycles. The van der Waals surface area contributed by atoms with E-state index in [1.54, 1.807) is 12.4 Å². The summed E-state index contributed by atoms with van der Waals surface area (Å²) in [6.07, 6.45) is 5.08. The van der Waals surface area contributed by atoms with Crippen molar-refractivity contribution in [3.05, 3.63) is 67.0 Å². The van der Waals surface area contributed by atoms with Crippen molar-refractivity contribution in [1.29, 1.82) is 0 Å². The monoisotopic (exact) mass is 412 g/mol. The van der Waals surface area contributed by atoms with Gasteiger partial charge in [0.25, 0.3) is 0 Å². The van der Waals surface area contributed by atoms with Gasteiger partial charge in [-0.3, -0.25) is 4.79 Å². The van der Waals surface area contributed by atoms with Crippen LogP contribution in [0.25, 0.3) is 22.4 Å². The molecule has 31 heavy (non-hydrogen) atoms. The molecular weight excluding hydrogens is 388 g/mol. The Bertz CT molecular complexity index is 1190. The second kappa shape index (κ2) is 8.18. The minimum atomic E-state index is -0.000483. The van der Waals surface area contributed by atoms with Gasteiger partial charge in [0.05, 0.1) is 11.0 Å². The highest BCUT2D eigenvalue weighted by atomic mass is 16.1. The molecule has 0 unspecified atom stereocenters. The number of para-hydroxylation sites is 2. The summed E-state index contributed by atoms with van der Waals surface area (Å²) in [7, 11) is 2.02. The topological polar surface area (TPSA) is 75.9 Å². The zero-order valence-electron chi connectivity index (χ0n) is 17.4. The SMILES string of the molecule is Cn1c(-c2ccc(NC(=O)C3CCN(c4ncccn4)CC3)cc2)nc2ccccc21. The van der Waals surface area contributed by atoms with Crippen LogP contribution >= 0.6 is 0 Å². The predicted octanol–water partition coefficient (Wildman–Crippen LogP) is 3.89. The number of carbonyl (C=O) groups excluding carboxylic acids is 1. The van der Waals surface area contributed by atoms with E-state index in [0.29, 0.717) is 0 Å². The van der Waals surface area contributed by atoms with Crippen LogP contribution in [0.15, 0.2) is 67.0 Å². The van der Waals surface area contributed by atoms with E-state index in [0.717, 1.165) is 60.0 Å². The molecular formula is C24H24N6O. The first-order chi connectivity index (χ1) is 15.2. The van der Waals surface area contributed by atoms with Gasteiger partial charge < -0.3 is 14.8 Å². The molecule has 7 heteroatoms. The molecule has 7 nitrogen and oxygen atoms in total. The highest BCUT2D eigenvalue weighted by molar-refractivity contribution is 5.93. The third-order valence-electron chi connectivity index (χ3n) is 5.90. The predicted molar refractivity (Wildman–Crippen MR) is 122 cm³/mol. The van der Waals surface area contributed by atoms with Crippen LogP contribution in [0.4, 0.5) is 11.6 Å². The zero-order valence-corrected chi connectivity index (χ0v) is 17.4. The molecule has 0 spiro atoms. The number of hydrogen-bond acceptors (Lipinski definition) is 5. The molecule has 4 aromatic rings. The molecule has 0 aliphatic carbocycles. The molecule has 1 fully saturated rings. The van der Waals surface area contributed by atoms with Crippen LogP contribution in [0, 0.1) is 5.92 Å². The Hall–Kier alpha value is -3.74. The van der Waals surface area contributed by atoms with E-state index >= 15 is 0 Å². The number of aromatic nitrogens is 4. The van der Waals surface area contributed by atoms with Crippen LogP contribution < -0.4 is 10.2 Å². The van der Waals surface area contributed by atoms with Gasteiger partial charge in [-0.2, -0.15) is 0 Å². The Balaban J connectivity index is 1.23. The van der Waals surface area contributed by atoms with E-state index in [1.165, 1.54) is 0 Å². The van der Waals surface area contributed by atoms with Crippen LogP contribution in [0.5, 0.6) is 0 Å². The molecule has 3 heterocycles. The molecule has 0 saturated carbocycles. The van der Waals surface area contributed by atoms with Gasteiger partial charge in [0.1, 0.15) is 5.82 Å². The second-order valence-electron chi connectivity index (χ2n) is 7.86. The Morgan fingerprint density at radius 1 is 0.968 bits per heavy atom. The average Bonchev–Trinajstić information content (AvgIpc) is 3.17. The minimum absolute atomic E-state index is 0.000483. The number of imidazole rings is 1. The average molecular weight is 412 g/mol. The van der Waals surface area contributed by atoms with E-state index < -0.39 is 0 Å². The van der Waals surface area contributed by atoms with E-state index in [2.05, 4.69) is 30.8 Å². The molecule has 156 valence electrons. The number of hydrogen-bond donors (Lipinski definition) is 1. The first kappa shape index (κ1) is 19.2. The van der Waals surface area contributed by atoms with Crippen molar-refractivity contribution < 1.29 is 4.79 Å². The van der Waals surface area contributed by atoms with E-state index in [4.69, 9.17) is 4.98 Å². The lowest BCUT2D eigenvalue weighted by atomic mass is 9.96. The molecule has 0 bridgehead atoms. The number of benzene rings is 2. The maximum atomic E-state index is 12.8. The summed E-state index contributed by atoms with van der Waals surface area (Å²) in [4.78, 5) is 28.2. The van der Waals surface area contributed by atoms with Gasteiger partial charge in [0.15, 0.2) is 0 Å². The lowest BCUT2D eigenvalue weighted by molar-refractivity contribution is -0.120. The number of fused-ring (bicyclic) bond motifs is 1. The van der Waals surface area contributed by atoms with Crippen LogP contribution in [0.1, 0.15) is 12.8 Å². The summed E-state index contributed by atoms with van der Waals surface area (Å²) < 4.78 is 2.09. The van der Waals surface area contributed by atoms with Crippen molar-refractivity contribution >= 4 is 28.6 Å². The Labute approximate surface area is 180 Å². The fourth-order valence-corrected chi connectivity index (χ4v) is 4.15.